The molecule has 6 nitrogen and oxygen atoms in total. The largest absolute Gasteiger partial charge is 0.397 e. The van der Waals surface area contributed by atoms with E-state index in [1.807, 2.05) is 66.7 Å². The third kappa shape index (κ3) is 4.53. The van der Waals surface area contributed by atoms with Crippen LogP contribution in [0.2, 0.25) is 0 Å². The molecule has 2 aromatic heterocycles. The average molecular weight is 453 g/mol. The molecule has 0 aliphatic rings. The molecule has 5 rings (SSSR count). The van der Waals surface area contributed by atoms with E-state index in [0.29, 0.717) is 16.3 Å². The van der Waals surface area contributed by atoms with Gasteiger partial charge in [-0.05, 0) is 59.5 Å². The lowest BCUT2D eigenvalue weighted by Crippen LogP contribution is -2.14. The summed E-state index contributed by atoms with van der Waals surface area (Å²) >= 11 is 1.39. The van der Waals surface area contributed by atoms with Gasteiger partial charge in [-0.3, -0.25) is 14.6 Å². The van der Waals surface area contributed by atoms with Gasteiger partial charge in [0.2, 0.25) is 5.91 Å². The summed E-state index contributed by atoms with van der Waals surface area (Å²) in [5.41, 5.74) is 9.51. The van der Waals surface area contributed by atoms with Crippen molar-refractivity contribution in [2.75, 3.05) is 16.4 Å². The normalized spacial score (nSPS) is 10.9. The molecule has 33 heavy (non-hydrogen) atoms. The van der Waals surface area contributed by atoms with Crippen LogP contribution in [0.15, 0.2) is 85.1 Å². The van der Waals surface area contributed by atoms with Crippen molar-refractivity contribution < 1.29 is 9.59 Å². The predicted octanol–water partition coefficient (Wildman–Crippen LogP) is 5.47. The molecule has 2 heterocycles. The summed E-state index contributed by atoms with van der Waals surface area (Å²) in [6, 6.07) is 24.3. The lowest BCUT2D eigenvalue weighted by atomic mass is 10.1. The summed E-state index contributed by atoms with van der Waals surface area (Å²) in [5.74, 6) is -0.314. The van der Waals surface area contributed by atoms with Crippen LogP contribution in [0.5, 0.6) is 0 Å². The topological polar surface area (TPSA) is 97.1 Å². The zero-order valence-corrected chi connectivity index (χ0v) is 18.4. The first-order chi connectivity index (χ1) is 16.0. The van der Waals surface area contributed by atoms with Crippen LogP contribution in [0.3, 0.4) is 0 Å². The van der Waals surface area contributed by atoms with Gasteiger partial charge in [0.25, 0.3) is 5.91 Å². The van der Waals surface area contributed by atoms with Crippen molar-refractivity contribution in [3.63, 3.8) is 0 Å². The number of hydrogen-bond donors (Lipinski definition) is 3. The van der Waals surface area contributed by atoms with Gasteiger partial charge in [-0.15, -0.1) is 11.3 Å². The summed E-state index contributed by atoms with van der Waals surface area (Å²) in [6.07, 6.45) is 1.98. The quantitative estimate of drug-likeness (QED) is 0.308. The maximum Gasteiger partial charge on any atom is 0.265 e. The van der Waals surface area contributed by atoms with Crippen LogP contribution in [0, 0.1) is 0 Å². The molecular formula is C26H20N4O2S. The molecule has 0 unspecified atom stereocenters. The number of nitrogens with two attached hydrogens (primary N) is 1. The van der Waals surface area contributed by atoms with E-state index in [1.165, 1.54) is 11.3 Å². The van der Waals surface area contributed by atoms with Crippen LogP contribution in [0.25, 0.3) is 21.0 Å². The fourth-order valence-corrected chi connectivity index (χ4v) is 4.66. The Morgan fingerprint density at radius 2 is 1.76 bits per heavy atom. The number of carbonyl (C=O) groups is 2. The summed E-state index contributed by atoms with van der Waals surface area (Å²) in [5, 5.41) is 7.73. The Bertz CT molecular complexity index is 1510. The Labute approximate surface area is 194 Å². The van der Waals surface area contributed by atoms with Crippen molar-refractivity contribution in [1.82, 2.24) is 4.98 Å². The molecule has 3 aromatic carbocycles. The minimum atomic E-state index is -0.209. The molecule has 0 atom stereocenters. The van der Waals surface area contributed by atoms with Gasteiger partial charge in [0.15, 0.2) is 0 Å². The van der Waals surface area contributed by atoms with E-state index in [2.05, 4.69) is 15.6 Å². The Hall–Kier alpha value is -4.23. The van der Waals surface area contributed by atoms with Crippen LogP contribution >= 0.6 is 11.3 Å². The standard InChI is InChI=1S/C26H20N4O2S/c27-20-5-1-2-6-22(20)30-26(32)24-15-18-8-7-16(12-23(18)33-24)13-25(31)29-19-9-10-21-17(14-19)4-3-11-28-21/h1-12,14-15H,13,27H2,(H,29,31)(H,30,32). The van der Waals surface area contributed by atoms with Gasteiger partial charge in [-0.25, -0.2) is 0 Å². The van der Waals surface area contributed by atoms with E-state index in [0.717, 1.165) is 32.2 Å². The number of nitrogen functional groups attached to an aromatic ring is 1. The van der Waals surface area contributed by atoms with E-state index in [-0.39, 0.29) is 18.2 Å². The SMILES string of the molecule is Nc1ccccc1NC(=O)c1cc2ccc(CC(=O)Nc3ccc4ncccc4c3)cc2s1. The van der Waals surface area contributed by atoms with Gasteiger partial charge in [-0.2, -0.15) is 0 Å². The molecule has 7 heteroatoms. The first-order valence-electron chi connectivity index (χ1n) is 10.4. The van der Waals surface area contributed by atoms with Crippen molar-refractivity contribution in [1.29, 1.82) is 0 Å². The third-order valence-electron chi connectivity index (χ3n) is 5.27. The first kappa shape index (κ1) is 20.7. The molecule has 0 aliphatic heterocycles. The molecule has 0 saturated carbocycles. The molecule has 5 aromatic rings. The number of anilines is 3. The molecule has 0 bridgehead atoms. The summed E-state index contributed by atoms with van der Waals surface area (Å²) < 4.78 is 0.947. The van der Waals surface area contributed by atoms with Crippen molar-refractivity contribution >= 4 is 61.2 Å². The smallest absolute Gasteiger partial charge is 0.265 e. The highest BCUT2D eigenvalue weighted by Gasteiger charge is 2.13. The zero-order valence-electron chi connectivity index (χ0n) is 17.5. The number of hydrogen-bond acceptors (Lipinski definition) is 5. The minimum absolute atomic E-state index is 0.105. The summed E-state index contributed by atoms with van der Waals surface area (Å²) in [6.45, 7) is 0. The summed E-state index contributed by atoms with van der Waals surface area (Å²) in [7, 11) is 0. The number of carbonyl (C=O) groups excluding carboxylic acids is 2. The van der Waals surface area contributed by atoms with E-state index in [4.69, 9.17) is 5.73 Å². The maximum absolute atomic E-state index is 12.7. The van der Waals surface area contributed by atoms with E-state index >= 15 is 0 Å². The second-order valence-corrected chi connectivity index (χ2v) is 8.74. The molecule has 2 amide bonds. The van der Waals surface area contributed by atoms with Gasteiger partial charge < -0.3 is 16.4 Å². The predicted molar refractivity (Wildman–Crippen MR) is 135 cm³/mol. The van der Waals surface area contributed by atoms with Crippen LogP contribution in [-0.4, -0.2) is 16.8 Å². The molecule has 0 spiro atoms. The van der Waals surface area contributed by atoms with E-state index in [1.54, 1.807) is 18.3 Å². The first-order valence-corrected chi connectivity index (χ1v) is 11.2. The fourth-order valence-electron chi connectivity index (χ4n) is 3.64. The van der Waals surface area contributed by atoms with Crippen LogP contribution in [-0.2, 0) is 11.2 Å². The molecule has 162 valence electrons. The fraction of sp³-hybridized carbons (Fsp3) is 0.0385. The van der Waals surface area contributed by atoms with Crippen LogP contribution in [0.1, 0.15) is 15.2 Å². The van der Waals surface area contributed by atoms with E-state index < -0.39 is 0 Å². The Balaban J connectivity index is 1.29. The lowest BCUT2D eigenvalue weighted by Gasteiger charge is -2.07. The number of nitrogens with one attached hydrogen (secondary N) is 2. The number of benzene rings is 3. The number of fused-ring (bicyclic) bond motifs is 2. The Morgan fingerprint density at radius 1 is 0.879 bits per heavy atom. The zero-order chi connectivity index (χ0) is 22.8. The van der Waals surface area contributed by atoms with Crippen LogP contribution < -0.4 is 16.4 Å². The number of thiophene rings is 1. The second-order valence-electron chi connectivity index (χ2n) is 7.66. The van der Waals surface area contributed by atoms with Gasteiger partial charge >= 0.3 is 0 Å². The Morgan fingerprint density at radius 3 is 2.64 bits per heavy atom. The monoisotopic (exact) mass is 452 g/mol. The highest BCUT2D eigenvalue weighted by molar-refractivity contribution is 7.20. The minimum Gasteiger partial charge on any atom is -0.397 e. The number of rotatable bonds is 5. The van der Waals surface area contributed by atoms with Gasteiger partial charge in [0, 0.05) is 22.0 Å². The van der Waals surface area contributed by atoms with Crippen molar-refractivity contribution in [3.05, 3.63) is 95.5 Å². The molecular weight excluding hydrogens is 432 g/mol. The number of pyridine rings is 1. The lowest BCUT2D eigenvalue weighted by molar-refractivity contribution is -0.115. The molecule has 0 radical (unpaired) electrons. The number of aromatic nitrogens is 1. The van der Waals surface area contributed by atoms with Crippen molar-refractivity contribution in [2.45, 2.75) is 6.42 Å². The number of para-hydroxylation sites is 2. The van der Waals surface area contributed by atoms with Crippen LogP contribution in [0.4, 0.5) is 17.1 Å². The van der Waals surface area contributed by atoms with Crippen molar-refractivity contribution in [3.8, 4) is 0 Å². The number of amides is 2. The molecule has 4 N–H and O–H groups in total. The molecule has 0 fully saturated rings. The highest BCUT2D eigenvalue weighted by atomic mass is 32.1. The van der Waals surface area contributed by atoms with E-state index in [9.17, 15) is 9.59 Å². The average Bonchev–Trinajstić information content (AvgIpc) is 3.24. The molecule has 0 saturated heterocycles. The third-order valence-corrected chi connectivity index (χ3v) is 6.37. The number of nitrogens with zero attached hydrogens (tertiary/aromatic N) is 1. The maximum atomic E-state index is 12.7. The highest BCUT2D eigenvalue weighted by Crippen LogP contribution is 2.28. The Kier molecular flexibility index (Phi) is 5.46. The summed E-state index contributed by atoms with van der Waals surface area (Å²) in [4.78, 5) is 30.2. The van der Waals surface area contributed by atoms with Crippen molar-refractivity contribution in [2.24, 2.45) is 0 Å². The molecule has 0 aliphatic carbocycles. The van der Waals surface area contributed by atoms with Gasteiger partial charge in [0.1, 0.15) is 0 Å². The second kappa shape index (κ2) is 8.72. The van der Waals surface area contributed by atoms with Gasteiger partial charge in [0.05, 0.1) is 28.2 Å². The van der Waals surface area contributed by atoms with Gasteiger partial charge in [-0.1, -0.05) is 30.3 Å².